The summed E-state index contributed by atoms with van der Waals surface area (Å²) in [6, 6.07) is 13.4. The third-order valence-electron chi connectivity index (χ3n) is 3.68. The Bertz CT molecular complexity index is 797. The number of para-hydroxylation sites is 2. The fourth-order valence-electron chi connectivity index (χ4n) is 2.57. The molecule has 0 radical (unpaired) electrons. The Morgan fingerprint density at radius 2 is 2.00 bits per heavy atom. The topological polar surface area (TPSA) is 56.5 Å². The number of imidazole rings is 1. The minimum atomic E-state index is -0.628. The van der Waals surface area contributed by atoms with Crippen molar-refractivity contribution in [2.45, 2.75) is 12.6 Å². The van der Waals surface area contributed by atoms with Gasteiger partial charge in [-0.2, -0.15) is 0 Å². The van der Waals surface area contributed by atoms with Gasteiger partial charge in [-0.3, -0.25) is 0 Å². The van der Waals surface area contributed by atoms with Crippen LogP contribution in [0.25, 0.3) is 11.0 Å². The first-order valence-electron chi connectivity index (χ1n) is 6.79. The highest BCUT2D eigenvalue weighted by Gasteiger charge is 2.17. The molecule has 21 heavy (non-hydrogen) atoms. The van der Waals surface area contributed by atoms with Crippen molar-refractivity contribution < 1.29 is 14.6 Å². The molecule has 2 aromatic carbocycles. The van der Waals surface area contributed by atoms with Crippen molar-refractivity contribution in [1.82, 2.24) is 9.55 Å². The number of aliphatic hydroxyl groups excluding tert-OH is 1. The molecule has 5 nitrogen and oxygen atoms in total. The second-order valence-corrected chi connectivity index (χ2v) is 5.01. The maximum Gasteiger partial charge on any atom is 0.231 e. The van der Waals surface area contributed by atoms with Gasteiger partial charge in [0.15, 0.2) is 11.5 Å². The average molecular weight is 282 g/mol. The lowest BCUT2D eigenvalue weighted by atomic mass is 10.1. The molecular weight excluding hydrogens is 268 g/mol. The zero-order valence-electron chi connectivity index (χ0n) is 11.3. The summed E-state index contributed by atoms with van der Waals surface area (Å²) in [6.07, 6.45) is 1.12. The highest BCUT2D eigenvalue weighted by Crippen LogP contribution is 2.34. The molecule has 0 fully saturated rings. The van der Waals surface area contributed by atoms with Crippen molar-refractivity contribution >= 4 is 11.0 Å². The van der Waals surface area contributed by atoms with Gasteiger partial charge in [0.25, 0.3) is 0 Å². The van der Waals surface area contributed by atoms with Gasteiger partial charge in [0.2, 0.25) is 6.79 Å². The summed E-state index contributed by atoms with van der Waals surface area (Å²) in [4.78, 5) is 4.33. The molecule has 2 heterocycles. The van der Waals surface area contributed by atoms with Crippen LogP contribution in [-0.4, -0.2) is 21.5 Å². The first-order chi connectivity index (χ1) is 10.3. The van der Waals surface area contributed by atoms with E-state index in [0.29, 0.717) is 12.3 Å². The van der Waals surface area contributed by atoms with Crippen molar-refractivity contribution in [1.29, 1.82) is 0 Å². The van der Waals surface area contributed by atoms with Gasteiger partial charge in [0.05, 0.1) is 30.0 Å². The van der Waals surface area contributed by atoms with Crippen LogP contribution in [0.3, 0.4) is 0 Å². The van der Waals surface area contributed by atoms with E-state index >= 15 is 0 Å². The SMILES string of the molecule is O[C@H](Cn1cnc2ccccc21)c1ccc2c(c1)OCO2. The highest BCUT2D eigenvalue weighted by molar-refractivity contribution is 5.74. The number of aromatic nitrogens is 2. The van der Waals surface area contributed by atoms with Crippen LogP contribution in [0.4, 0.5) is 0 Å². The van der Waals surface area contributed by atoms with E-state index in [0.717, 1.165) is 22.3 Å². The quantitative estimate of drug-likeness (QED) is 0.802. The molecule has 0 spiro atoms. The molecule has 1 atom stereocenters. The summed E-state index contributed by atoms with van der Waals surface area (Å²) in [5, 5.41) is 10.4. The number of benzene rings is 2. The van der Waals surface area contributed by atoms with E-state index in [1.54, 1.807) is 6.33 Å². The summed E-state index contributed by atoms with van der Waals surface area (Å²) < 4.78 is 12.6. The van der Waals surface area contributed by atoms with Gasteiger partial charge in [-0.15, -0.1) is 0 Å². The molecule has 0 saturated heterocycles. The lowest BCUT2D eigenvalue weighted by Crippen LogP contribution is -2.07. The Morgan fingerprint density at radius 1 is 1.14 bits per heavy atom. The molecule has 1 aliphatic heterocycles. The van der Waals surface area contributed by atoms with Crippen LogP contribution in [0.2, 0.25) is 0 Å². The molecule has 0 amide bonds. The molecule has 1 aliphatic rings. The highest BCUT2D eigenvalue weighted by atomic mass is 16.7. The van der Waals surface area contributed by atoms with E-state index in [9.17, 15) is 5.11 Å². The molecule has 5 heteroatoms. The van der Waals surface area contributed by atoms with Crippen LogP contribution in [0.15, 0.2) is 48.8 Å². The summed E-state index contributed by atoms with van der Waals surface area (Å²) >= 11 is 0. The second kappa shape index (κ2) is 4.79. The van der Waals surface area contributed by atoms with Crippen LogP contribution in [0, 0.1) is 0 Å². The number of hydrogen-bond acceptors (Lipinski definition) is 4. The van der Waals surface area contributed by atoms with Gasteiger partial charge in [-0.25, -0.2) is 4.98 Å². The maximum atomic E-state index is 10.4. The zero-order valence-corrected chi connectivity index (χ0v) is 11.3. The zero-order chi connectivity index (χ0) is 14.2. The van der Waals surface area contributed by atoms with Crippen LogP contribution in [0.1, 0.15) is 11.7 Å². The summed E-state index contributed by atoms with van der Waals surface area (Å²) in [7, 11) is 0. The van der Waals surface area contributed by atoms with Crippen LogP contribution in [-0.2, 0) is 6.54 Å². The van der Waals surface area contributed by atoms with Crippen molar-refractivity contribution in [2.24, 2.45) is 0 Å². The molecule has 0 aliphatic carbocycles. The number of hydrogen-bond donors (Lipinski definition) is 1. The van der Waals surface area contributed by atoms with Gasteiger partial charge in [-0.05, 0) is 29.8 Å². The van der Waals surface area contributed by atoms with E-state index in [4.69, 9.17) is 9.47 Å². The average Bonchev–Trinajstić information content (AvgIpc) is 3.13. The monoisotopic (exact) mass is 282 g/mol. The van der Waals surface area contributed by atoms with E-state index in [2.05, 4.69) is 4.98 Å². The number of aliphatic hydroxyl groups is 1. The maximum absolute atomic E-state index is 10.4. The van der Waals surface area contributed by atoms with Crippen molar-refractivity contribution in [3.8, 4) is 11.5 Å². The van der Waals surface area contributed by atoms with Crippen LogP contribution >= 0.6 is 0 Å². The smallest absolute Gasteiger partial charge is 0.231 e. The molecular formula is C16H14N2O3. The largest absolute Gasteiger partial charge is 0.454 e. The molecule has 1 aromatic heterocycles. The van der Waals surface area contributed by atoms with E-state index < -0.39 is 6.10 Å². The fourth-order valence-corrected chi connectivity index (χ4v) is 2.57. The standard InChI is InChI=1S/C16H14N2O3/c19-14(11-5-6-15-16(7-11)21-10-20-15)8-18-9-17-12-3-1-2-4-13(12)18/h1-7,9,14,19H,8,10H2/t14-/m1/s1. The summed E-state index contributed by atoms with van der Waals surface area (Å²) in [5.41, 5.74) is 2.74. The fraction of sp³-hybridized carbons (Fsp3) is 0.188. The Labute approximate surface area is 121 Å². The molecule has 0 saturated carbocycles. The van der Waals surface area contributed by atoms with Crippen LogP contribution in [0.5, 0.6) is 11.5 Å². The second-order valence-electron chi connectivity index (χ2n) is 5.01. The Kier molecular flexibility index (Phi) is 2.79. The van der Waals surface area contributed by atoms with Gasteiger partial charge in [0.1, 0.15) is 0 Å². The minimum absolute atomic E-state index is 0.237. The predicted octanol–water partition coefficient (Wildman–Crippen LogP) is 2.50. The molecule has 106 valence electrons. The first-order valence-corrected chi connectivity index (χ1v) is 6.79. The van der Waals surface area contributed by atoms with Crippen LogP contribution < -0.4 is 9.47 Å². The van der Waals surface area contributed by atoms with E-state index in [1.165, 1.54) is 0 Å². The predicted molar refractivity (Wildman–Crippen MR) is 77.3 cm³/mol. The van der Waals surface area contributed by atoms with E-state index in [-0.39, 0.29) is 6.79 Å². The lowest BCUT2D eigenvalue weighted by molar-refractivity contribution is 0.157. The number of fused-ring (bicyclic) bond motifs is 2. The van der Waals surface area contributed by atoms with Crippen molar-refractivity contribution in [2.75, 3.05) is 6.79 Å². The number of rotatable bonds is 3. The molecule has 0 bridgehead atoms. The number of ether oxygens (including phenoxy) is 2. The molecule has 1 N–H and O–H groups in total. The molecule has 3 aromatic rings. The van der Waals surface area contributed by atoms with Crippen molar-refractivity contribution in [3.63, 3.8) is 0 Å². The third kappa shape index (κ3) is 2.11. The summed E-state index contributed by atoms with van der Waals surface area (Å²) in [6.45, 7) is 0.682. The molecule has 4 rings (SSSR count). The summed E-state index contributed by atoms with van der Waals surface area (Å²) in [5.74, 6) is 1.40. The first kappa shape index (κ1) is 12.2. The Hall–Kier alpha value is -2.53. The van der Waals surface area contributed by atoms with Gasteiger partial charge >= 0.3 is 0 Å². The third-order valence-corrected chi connectivity index (χ3v) is 3.68. The minimum Gasteiger partial charge on any atom is -0.454 e. The Morgan fingerprint density at radius 3 is 2.95 bits per heavy atom. The lowest BCUT2D eigenvalue weighted by Gasteiger charge is -2.13. The van der Waals surface area contributed by atoms with E-state index in [1.807, 2.05) is 47.0 Å². The normalized spacial score (nSPS) is 14.5. The van der Waals surface area contributed by atoms with Gasteiger partial charge in [-0.1, -0.05) is 18.2 Å². The van der Waals surface area contributed by atoms with Crippen molar-refractivity contribution in [3.05, 3.63) is 54.4 Å². The number of nitrogens with zero attached hydrogens (tertiary/aromatic N) is 2. The van der Waals surface area contributed by atoms with Gasteiger partial charge in [0, 0.05) is 0 Å². The Balaban J connectivity index is 1.62. The van der Waals surface area contributed by atoms with Gasteiger partial charge < -0.3 is 19.1 Å². The molecule has 0 unspecified atom stereocenters.